The van der Waals surface area contributed by atoms with Gasteiger partial charge in [-0.3, -0.25) is 4.72 Å². The third kappa shape index (κ3) is 5.09. The molecular weight excluding hydrogens is 273 g/mol. The number of halogens is 1. The van der Waals surface area contributed by atoms with Crippen molar-refractivity contribution in [3.8, 4) is 0 Å². The Kier molecular flexibility index (Phi) is 5.05. The highest BCUT2D eigenvalue weighted by atomic mass is 32.2. The van der Waals surface area contributed by atoms with Crippen molar-refractivity contribution in [3.05, 3.63) is 35.7 Å². The van der Waals surface area contributed by atoms with Crippen LogP contribution in [-0.2, 0) is 14.8 Å². The lowest BCUT2D eigenvalue weighted by atomic mass is 10.2. The molecular formula is C12H14FNO4S. The van der Waals surface area contributed by atoms with Gasteiger partial charge < -0.3 is 5.11 Å². The van der Waals surface area contributed by atoms with E-state index in [1.165, 1.54) is 18.2 Å². The number of carboxylic acid groups (broad SMARTS) is 1. The molecule has 1 aromatic rings. The average molecular weight is 287 g/mol. The van der Waals surface area contributed by atoms with Crippen LogP contribution in [-0.4, -0.2) is 25.2 Å². The van der Waals surface area contributed by atoms with Crippen LogP contribution in [0.2, 0.25) is 0 Å². The Bertz CT molecular complexity index is 596. The summed E-state index contributed by atoms with van der Waals surface area (Å²) >= 11 is 0. The number of rotatable bonds is 6. The maximum Gasteiger partial charge on any atom is 0.328 e. The molecule has 104 valence electrons. The minimum atomic E-state index is -3.55. The van der Waals surface area contributed by atoms with E-state index in [-0.39, 0.29) is 11.4 Å². The van der Waals surface area contributed by atoms with Crippen LogP contribution in [0.25, 0.3) is 6.08 Å². The first kappa shape index (κ1) is 15.2. The summed E-state index contributed by atoms with van der Waals surface area (Å²) in [6.45, 7) is 1.70. The van der Waals surface area contributed by atoms with E-state index in [0.717, 1.165) is 12.1 Å². The van der Waals surface area contributed by atoms with Gasteiger partial charge in [0, 0.05) is 6.08 Å². The van der Waals surface area contributed by atoms with Crippen molar-refractivity contribution in [3.63, 3.8) is 0 Å². The van der Waals surface area contributed by atoms with Gasteiger partial charge in [-0.05, 0) is 30.2 Å². The Morgan fingerprint density at radius 1 is 1.47 bits per heavy atom. The summed E-state index contributed by atoms with van der Waals surface area (Å²) in [5.74, 6) is -1.99. The van der Waals surface area contributed by atoms with Gasteiger partial charge in [-0.2, -0.15) is 0 Å². The molecule has 7 heteroatoms. The summed E-state index contributed by atoms with van der Waals surface area (Å²) in [6, 6.07) is 3.74. The summed E-state index contributed by atoms with van der Waals surface area (Å²) in [5, 5.41) is 8.44. The second-order valence-corrected chi connectivity index (χ2v) is 5.67. The minimum Gasteiger partial charge on any atom is -0.478 e. The predicted octanol–water partition coefficient (Wildman–Crippen LogP) is 2.08. The Morgan fingerprint density at radius 3 is 2.68 bits per heavy atom. The fourth-order valence-corrected chi connectivity index (χ4v) is 2.51. The number of carbonyl (C=O) groups is 1. The van der Waals surface area contributed by atoms with Gasteiger partial charge in [0.1, 0.15) is 5.82 Å². The molecule has 0 aliphatic carbocycles. The zero-order chi connectivity index (χ0) is 14.5. The van der Waals surface area contributed by atoms with Crippen molar-refractivity contribution >= 4 is 27.8 Å². The van der Waals surface area contributed by atoms with E-state index in [4.69, 9.17) is 5.11 Å². The number of anilines is 1. The lowest BCUT2D eigenvalue weighted by molar-refractivity contribution is -0.131. The van der Waals surface area contributed by atoms with Crippen LogP contribution in [0, 0.1) is 5.82 Å². The molecule has 0 unspecified atom stereocenters. The third-order valence-electron chi connectivity index (χ3n) is 2.15. The summed E-state index contributed by atoms with van der Waals surface area (Å²) in [7, 11) is -3.55. The van der Waals surface area contributed by atoms with Crippen molar-refractivity contribution < 1.29 is 22.7 Å². The number of benzene rings is 1. The smallest absolute Gasteiger partial charge is 0.328 e. The van der Waals surface area contributed by atoms with Crippen LogP contribution in [0.15, 0.2) is 24.3 Å². The lowest BCUT2D eigenvalue weighted by Crippen LogP contribution is -2.16. The van der Waals surface area contributed by atoms with Crippen LogP contribution in [0.4, 0.5) is 10.1 Å². The topological polar surface area (TPSA) is 83.5 Å². The van der Waals surface area contributed by atoms with Gasteiger partial charge in [0.25, 0.3) is 0 Å². The number of hydrogen-bond acceptors (Lipinski definition) is 3. The maximum absolute atomic E-state index is 13.6. The number of aliphatic carboxylic acids is 1. The highest BCUT2D eigenvalue weighted by molar-refractivity contribution is 7.92. The van der Waals surface area contributed by atoms with Gasteiger partial charge >= 0.3 is 5.97 Å². The Labute approximate surface area is 110 Å². The fourth-order valence-electron chi connectivity index (χ4n) is 1.37. The van der Waals surface area contributed by atoms with Crippen molar-refractivity contribution in [1.29, 1.82) is 0 Å². The Morgan fingerprint density at radius 2 is 2.16 bits per heavy atom. The minimum absolute atomic E-state index is 0.0902. The highest BCUT2D eigenvalue weighted by Crippen LogP contribution is 2.18. The summed E-state index contributed by atoms with van der Waals surface area (Å²) in [5.41, 5.74) is 0.180. The standard InChI is InChI=1S/C12H14FNO4S/c1-2-7-19(17,18)14-11-5-3-9(8-10(11)13)4-6-12(15)16/h3-6,8,14H,2,7H2,1H3,(H,15,16). The molecule has 0 saturated heterocycles. The van der Waals surface area contributed by atoms with Gasteiger partial charge in [0.05, 0.1) is 11.4 Å². The zero-order valence-electron chi connectivity index (χ0n) is 10.3. The van der Waals surface area contributed by atoms with E-state index in [0.29, 0.717) is 12.0 Å². The molecule has 0 fully saturated rings. The number of nitrogens with one attached hydrogen (secondary N) is 1. The van der Waals surface area contributed by atoms with E-state index >= 15 is 0 Å². The molecule has 0 heterocycles. The highest BCUT2D eigenvalue weighted by Gasteiger charge is 2.12. The Balaban J connectivity index is 2.92. The van der Waals surface area contributed by atoms with Gasteiger partial charge in [-0.1, -0.05) is 13.0 Å². The third-order valence-corrected chi connectivity index (χ3v) is 3.63. The maximum atomic E-state index is 13.6. The predicted molar refractivity (Wildman–Crippen MR) is 70.8 cm³/mol. The first-order chi connectivity index (χ1) is 8.84. The summed E-state index contributed by atoms with van der Waals surface area (Å²) in [4.78, 5) is 10.3. The molecule has 0 bridgehead atoms. The SMILES string of the molecule is CCCS(=O)(=O)Nc1ccc(C=CC(=O)O)cc1F. The van der Waals surface area contributed by atoms with Crippen LogP contribution in [0.1, 0.15) is 18.9 Å². The van der Waals surface area contributed by atoms with Crippen LogP contribution in [0.5, 0.6) is 0 Å². The molecule has 0 spiro atoms. The molecule has 19 heavy (non-hydrogen) atoms. The van der Waals surface area contributed by atoms with E-state index in [1.807, 2.05) is 0 Å². The molecule has 1 rings (SSSR count). The summed E-state index contributed by atoms with van der Waals surface area (Å²) < 4.78 is 38.7. The van der Waals surface area contributed by atoms with Gasteiger partial charge in [0.2, 0.25) is 10.0 Å². The molecule has 0 aliphatic heterocycles. The number of sulfonamides is 1. The Hall–Kier alpha value is -1.89. The van der Waals surface area contributed by atoms with Gasteiger partial charge in [-0.25, -0.2) is 17.6 Å². The van der Waals surface area contributed by atoms with Crippen molar-refractivity contribution in [2.45, 2.75) is 13.3 Å². The fraction of sp³-hybridized carbons (Fsp3) is 0.250. The molecule has 1 aromatic carbocycles. The monoisotopic (exact) mass is 287 g/mol. The first-order valence-corrected chi connectivity index (χ1v) is 7.20. The van der Waals surface area contributed by atoms with Gasteiger partial charge in [0.15, 0.2) is 0 Å². The first-order valence-electron chi connectivity index (χ1n) is 5.55. The lowest BCUT2D eigenvalue weighted by Gasteiger charge is -2.08. The molecule has 0 aromatic heterocycles. The molecule has 5 nitrogen and oxygen atoms in total. The van der Waals surface area contributed by atoms with E-state index in [9.17, 15) is 17.6 Å². The average Bonchev–Trinajstić information content (AvgIpc) is 2.29. The van der Waals surface area contributed by atoms with Crippen LogP contribution >= 0.6 is 0 Å². The van der Waals surface area contributed by atoms with Crippen molar-refractivity contribution in [2.75, 3.05) is 10.5 Å². The van der Waals surface area contributed by atoms with E-state index < -0.39 is 21.8 Å². The second-order valence-electron chi connectivity index (χ2n) is 3.83. The largest absolute Gasteiger partial charge is 0.478 e. The molecule has 0 saturated carbocycles. The normalized spacial score (nSPS) is 11.7. The van der Waals surface area contributed by atoms with Gasteiger partial charge in [-0.15, -0.1) is 0 Å². The van der Waals surface area contributed by atoms with Crippen molar-refractivity contribution in [2.24, 2.45) is 0 Å². The molecule has 0 aliphatic rings. The quantitative estimate of drug-likeness (QED) is 0.785. The van der Waals surface area contributed by atoms with Crippen molar-refractivity contribution in [1.82, 2.24) is 0 Å². The molecule has 2 N–H and O–H groups in total. The van der Waals surface area contributed by atoms with E-state index in [1.54, 1.807) is 6.92 Å². The molecule has 0 atom stereocenters. The summed E-state index contributed by atoms with van der Waals surface area (Å²) in [6.07, 6.45) is 2.52. The van der Waals surface area contributed by atoms with Crippen LogP contribution < -0.4 is 4.72 Å². The molecule has 0 radical (unpaired) electrons. The zero-order valence-corrected chi connectivity index (χ0v) is 11.1. The van der Waals surface area contributed by atoms with Crippen LogP contribution in [0.3, 0.4) is 0 Å². The number of hydrogen-bond donors (Lipinski definition) is 2. The second kappa shape index (κ2) is 6.33. The number of carboxylic acids is 1. The van der Waals surface area contributed by atoms with E-state index in [2.05, 4.69) is 4.72 Å². The molecule has 0 amide bonds.